The molecule has 0 saturated carbocycles. The van der Waals surface area contributed by atoms with Crippen molar-refractivity contribution >= 4 is 0 Å². The maximum absolute atomic E-state index is 9.70. The van der Waals surface area contributed by atoms with Crippen molar-refractivity contribution in [1.29, 1.82) is 0 Å². The first-order chi connectivity index (χ1) is 7.10. The van der Waals surface area contributed by atoms with Gasteiger partial charge in [-0.15, -0.1) is 0 Å². The Balaban J connectivity index is 3.06. The SMILES string of the molecule is CCc1cc(C(C)CCN)c(C)cc1O. The van der Waals surface area contributed by atoms with E-state index in [4.69, 9.17) is 5.73 Å². The standard InChI is InChI=1S/C13H21NO/c1-4-11-8-12(9(2)5-6-14)10(3)7-13(11)15/h7-9,15H,4-6,14H2,1-3H3. The van der Waals surface area contributed by atoms with Crippen molar-refractivity contribution in [3.05, 3.63) is 28.8 Å². The third kappa shape index (κ3) is 2.72. The van der Waals surface area contributed by atoms with Crippen molar-refractivity contribution < 1.29 is 5.11 Å². The van der Waals surface area contributed by atoms with Gasteiger partial charge in [-0.1, -0.05) is 19.9 Å². The minimum Gasteiger partial charge on any atom is -0.508 e. The third-order valence-electron chi connectivity index (χ3n) is 2.98. The third-order valence-corrected chi connectivity index (χ3v) is 2.98. The Morgan fingerprint density at radius 2 is 2.07 bits per heavy atom. The van der Waals surface area contributed by atoms with Crippen LogP contribution < -0.4 is 5.73 Å². The molecular formula is C13H21NO. The normalized spacial score (nSPS) is 12.8. The summed E-state index contributed by atoms with van der Waals surface area (Å²) >= 11 is 0. The molecule has 0 amide bonds. The molecule has 0 heterocycles. The summed E-state index contributed by atoms with van der Waals surface area (Å²) in [4.78, 5) is 0. The Morgan fingerprint density at radius 3 is 2.60 bits per heavy atom. The molecule has 0 bridgehead atoms. The highest BCUT2D eigenvalue weighted by molar-refractivity contribution is 5.42. The molecule has 2 nitrogen and oxygen atoms in total. The van der Waals surface area contributed by atoms with Crippen LogP contribution >= 0.6 is 0 Å². The van der Waals surface area contributed by atoms with Gasteiger partial charge < -0.3 is 10.8 Å². The van der Waals surface area contributed by atoms with Crippen LogP contribution in [0.25, 0.3) is 0 Å². The van der Waals surface area contributed by atoms with E-state index in [2.05, 4.69) is 19.9 Å². The van der Waals surface area contributed by atoms with Gasteiger partial charge >= 0.3 is 0 Å². The zero-order chi connectivity index (χ0) is 11.4. The van der Waals surface area contributed by atoms with Crippen molar-refractivity contribution in [2.45, 2.75) is 39.5 Å². The minimum absolute atomic E-state index is 0.415. The summed E-state index contributed by atoms with van der Waals surface area (Å²) in [6.45, 7) is 7.00. The summed E-state index contributed by atoms with van der Waals surface area (Å²) in [5, 5.41) is 9.70. The Labute approximate surface area is 92.1 Å². The van der Waals surface area contributed by atoms with Gasteiger partial charge in [0.15, 0.2) is 0 Å². The molecule has 0 radical (unpaired) electrons. The maximum Gasteiger partial charge on any atom is 0.119 e. The zero-order valence-electron chi connectivity index (χ0n) is 9.88. The molecule has 84 valence electrons. The molecule has 2 heteroatoms. The molecule has 0 spiro atoms. The molecule has 15 heavy (non-hydrogen) atoms. The lowest BCUT2D eigenvalue weighted by Gasteiger charge is -2.16. The number of aryl methyl sites for hydroxylation is 2. The summed E-state index contributed by atoms with van der Waals surface area (Å²) in [7, 11) is 0. The second-order valence-electron chi connectivity index (χ2n) is 4.17. The largest absolute Gasteiger partial charge is 0.508 e. The smallest absolute Gasteiger partial charge is 0.119 e. The quantitative estimate of drug-likeness (QED) is 0.797. The van der Waals surface area contributed by atoms with Gasteiger partial charge in [0.05, 0.1) is 0 Å². The van der Waals surface area contributed by atoms with Crippen LogP contribution in [-0.2, 0) is 6.42 Å². The predicted octanol–water partition coefficient (Wildman–Crippen LogP) is 2.72. The Hall–Kier alpha value is -1.02. The van der Waals surface area contributed by atoms with E-state index in [0.717, 1.165) is 24.0 Å². The fraction of sp³-hybridized carbons (Fsp3) is 0.538. The molecule has 1 atom stereocenters. The summed E-state index contributed by atoms with van der Waals surface area (Å²) in [6, 6.07) is 3.98. The molecule has 1 aromatic carbocycles. The van der Waals surface area contributed by atoms with Crippen molar-refractivity contribution in [3.63, 3.8) is 0 Å². The minimum atomic E-state index is 0.415. The molecule has 1 rings (SSSR count). The highest BCUT2D eigenvalue weighted by Crippen LogP contribution is 2.28. The number of rotatable bonds is 4. The molecule has 0 aliphatic carbocycles. The van der Waals surface area contributed by atoms with Crippen LogP contribution in [0.5, 0.6) is 5.75 Å². The van der Waals surface area contributed by atoms with E-state index in [1.54, 1.807) is 0 Å². The first-order valence-corrected chi connectivity index (χ1v) is 5.62. The van der Waals surface area contributed by atoms with Crippen LogP contribution in [0.15, 0.2) is 12.1 Å². The average molecular weight is 207 g/mol. The van der Waals surface area contributed by atoms with Crippen LogP contribution in [0, 0.1) is 6.92 Å². The van der Waals surface area contributed by atoms with Gasteiger partial charge in [0.25, 0.3) is 0 Å². The summed E-state index contributed by atoms with van der Waals surface area (Å²) in [5.41, 5.74) is 9.07. The van der Waals surface area contributed by atoms with E-state index in [-0.39, 0.29) is 0 Å². The fourth-order valence-electron chi connectivity index (χ4n) is 1.98. The number of hydrogen-bond donors (Lipinski definition) is 2. The topological polar surface area (TPSA) is 46.2 Å². The molecule has 1 aromatic rings. The van der Waals surface area contributed by atoms with Crippen molar-refractivity contribution in [2.75, 3.05) is 6.54 Å². The van der Waals surface area contributed by atoms with E-state index in [9.17, 15) is 5.11 Å². The Bertz CT molecular complexity index is 334. The van der Waals surface area contributed by atoms with Gasteiger partial charge in [0, 0.05) is 0 Å². The fourth-order valence-corrected chi connectivity index (χ4v) is 1.98. The molecule has 0 aliphatic rings. The average Bonchev–Trinajstić information content (AvgIpc) is 2.18. The number of aromatic hydroxyl groups is 1. The number of hydrogen-bond acceptors (Lipinski definition) is 2. The Morgan fingerprint density at radius 1 is 1.40 bits per heavy atom. The maximum atomic E-state index is 9.70. The molecule has 0 aromatic heterocycles. The number of benzene rings is 1. The van der Waals surface area contributed by atoms with Gasteiger partial charge in [0.2, 0.25) is 0 Å². The van der Waals surface area contributed by atoms with Gasteiger partial charge in [-0.05, 0) is 55.0 Å². The molecule has 0 saturated heterocycles. The van der Waals surface area contributed by atoms with Crippen LogP contribution in [0.2, 0.25) is 0 Å². The lowest BCUT2D eigenvalue weighted by Crippen LogP contribution is -2.06. The van der Waals surface area contributed by atoms with E-state index in [0.29, 0.717) is 18.2 Å². The van der Waals surface area contributed by atoms with Gasteiger partial charge in [0.1, 0.15) is 5.75 Å². The van der Waals surface area contributed by atoms with Gasteiger partial charge in [-0.3, -0.25) is 0 Å². The van der Waals surface area contributed by atoms with Gasteiger partial charge in [-0.25, -0.2) is 0 Å². The molecule has 1 unspecified atom stereocenters. The van der Waals surface area contributed by atoms with E-state index in [1.165, 1.54) is 5.56 Å². The first kappa shape index (κ1) is 12.1. The van der Waals surface area contributed by atoms with Crippen molar-refractivity contribution in [1.82, 2.24) is 0 Å². The van der Waals surface area contributed by atoms with Crippen LogP contribution in [0.3, 0.4) is 0 Å². The lowest BCUT2D eigenvalue weighted by atomic mass is 9.91. The Kier molecular flexibility index (Phi) is 4.15. The molecule has 0 fully saturated rings. The number of phenolic OH excluding ortho intramolecular Hbond substituents is 1. The predicted molar refractivity (Wildman–Crippen MR) is 64.3 cm³/mol. The molecule has 3 N–H and O–H groups in total. The first-order valence-electron chi connectivity index (χ1n) is 5.62. The summed E-state index contributed by atoms with van der Waals surface area (Å²) in [6.07, 6.45) is 1.86. The lowest BCUT2D eigenvalue weighted by molar-refractivity contribution is 0.467. The highest BCUT2D eigenvalue weighted by atomic mass is 16.3. The summed E-state index contributed by atoms with van der Waals surface area (Å²) < 4.78 is 0. The van der Waals surface area contributed by atoms with Crippen molar-refractivity contribution in [2.24, 2.45) is 5.73 Å². The monoisotopic (exact) mass is 207 g/mol. The second kappa shape index (κ2) is 5.17. The number of phenols is 1. The van der Waals surface area contributed by atoms with Crippen LogP contribution in [0.1, 0.15) is 42.9 Å². The van der Waals surface area contributed by atoms with E-state index >= 15 is 0 Å². The zero-order valence-corrected chi connectivity index (χ0v) is 9.88. The van der Waals surface area contributed by atoms with Crippen molar-refractivity contribution in [3.8, 4) is 5.75 Å². The number of nitrogens with two attached hydrogens (primary N) is 1. The van der Waals surface area contributed by atoms with Gasteiger partial charge in [-0.2, -0.15) is 0 Å². The van der Waals surface area contributed by atoms with Crippen LogP contribution in [-0.4, -0.2) is 11.7 Å². The second-order valence-corrected chi connectivity index (χ2v) is 4.17. The highest BCUT2D eigenvalue weighted by Gasteiger charge is 2.10. The van der Waals surface area contributed by atoms with E-state index < -0.39 is 0 Å². The van der Waals surface area contributed by atoms with E-state index in [1.807, 2.05) is 13.0 Å². The van der Waals surface area contributed by atoms with Crippen LogP contribution in [0.4, 0.5) is 0 Å². The molecule has 0 aliphatic heterocycles. The summed E-state index contributed by atoms with van der Waals surface area (Å²) in [5.74, 6) is 0.889. The molecular weight excluding hydrogens is 186 g/mol.